The molecule has 0 aliphatic heterocycles. The molecule has 19 heavy (non-hydrogen) atoms. The van der Waals surface area contributed by atoms with Gasteiger partial charge in [-0.2, -0.15) is 0 Å². The van der Waals surface area contributed by atoms with Crippen molar-refractivity contribution in [3.63, 3.8) is 0 Å². The van der Waals surface area contributed by atoms with Gasteiger partial charge in [0.05, 0.1) is 11.8 Å². The lowest BCUT2D eigenvalue weighted by atomic mass is 10.1. The Balaban J connectivity index is 1.83. The fraction of sp³-hybridized carbons (Fsp3) is 0.267. The van der Waals surface area contributed by atoms with E-state index in [4.69, 9.17) is 16.0 Å². The Morgan fingerprint density at radius 3 is 2.68 bits per heavy atom. The van der Waals surface area contributed by atoms with Crippen molar-refractivity contribution in [2.24, 2.45) is 0 Å². The molecule has 1 aromatic carbocycles. The lowest BCUT2D eigenvalue weighted by molar-refractivity contribution is 0.0938. The van der Waals surface area contributed by atoms with E-state index in [9.17, 15) is 4.79 Å². The van der Waals surface area contributed by atoms with E-state index in [-0.39, 0.29) is 17.2 Å². The minimum absolute atomic E-state index is 0.0821. The van der Waals surface area contributed by atoms with Crippen LogP contribution < -0.4 is 5.32 Å². The highest BCUT2D eigenvalue weighted by Gasteiger charge is 2.14. The molecule has 0 saturated carbocycles. The Kier molecular flexibility index (Phi) is 4.63. The number of rotatable bonds is 5. The first-order chi connectivity index (χ1) is 9.16. The molecular weight excluding hydrogens is 262 g/mol. The largest absolute Gasteiger partial charge is 0.452 e. The van der Waals surface area contributed by atoms with Gasteiger partial charge in [-0.1, -0.05) is 30.3 Å². The van der Waals surface area contributed by atoms with Crippen molar-refractivity contribution >= 4 is 17.5 Å². The molecule has 0 fully saturated rings. The van der Waals surface area contributed by atoms with Crippen molar-refractivity contribution in [3.8, 4) is 0 Å². The maximum Gasteiger partial charge on any atom is 0.256 e. The first-order valence-electron chi connectivity index (χ1n) is 6.24. The summed E-state index contributed by atoms with van der Waals surface area (Å²) >= 11 is 5.76. The summed E-state index contributed by atoms with van der Waals surface area (Å²) < 4.78 is 4.90. The molecule has 1 atom stereocenters. The molecule has 2 rings (SSSR count). The molecule has 0 spiro atoms. The van der Waals surface area contributed by atoms with Gasteiger partial charge in [0.25, 0.3) is 5.91 Å². The van der Waals surface area contributed by atoms with Crippen LogP contribution in [-0.4, -0.2) is 11.9 Å². The lowest BCUT2D eigenvalue weighted by Gasteiger charge is -2.13. The summed E-state index contributed by atoms with van der Waals surface area (Å²) in [4.78, 5) is 11.9. The van der Waals surface area contributed by atoms with Crippen LogP contribution in [0.4, 0.5) is 0 Å². The van der Waals surface area contributed by atoms with Gasteiger partial charge in [0.2, 0.25) is 5.22 Å². The molecule has 3 nitrogen and oxygen atoms in total. The Hall–Kier alpha value is -1.74. The smallest absolute Gasteiger partial charge is 0.256 e. The number of carbonyl (C=O) groups is 1. The second-order valence-electron chi connectivity index (χ2n) is 4.51. The molecule has 100 valence electrons. The number of amides is 1. The molecule has 1 aromatic heterocycles. The summed E-state index contributed by atoms with van der Waals surface area (Å²) in [5.41, 5.74) is 1.65. The third kappa shape index (κ3) is 3.86. The molecule has 0 radical (unpaired) electrons. The van der Waals surface area contributed by atoms with E-state index in [2.05, 4.69) is 17.4 Å². The van der Waals surface area contributed by atoms with Gasteiger partial charge >= 0.3 is 0 Å². The summed E-state index contributed by atoms with van der Waals surface area (Å²) in [6, 6.07) is 11.9. The average Bonchev–Trinajstić information content (AvgIpc) is 2.84. The molecule has 1 amide bonds. The Morgan fingerprint density at radius 2 is 2.05 bits per heavy atom. The highest BCUT2D eigenvalue weighted by molar-refractivity contribution is 6.32. The monoisotopic (exact) mass is 277 g/mol. The van der Waals surface area contributed by atoms with Crippen molar-refractivity contribution in [2.45, 2.75) is 25.8 Å². The average molecular weight is 278 g/mol. The molecule has 0 aliphatic rings. The molecule has 1 heterocycles. The molecule has 2 aromatic rings. The molecular formula is C15H16ClNO2. The van der Waals surface area contributed by atoms with Crippen LogP contribution in [0.1, 0.15) is 29.3 Å². The zero-order chi connectivity index (χ0) is 13.7. The van der Waals surface area contributed by atoms with Crippen LogP contribution >= 0.6 is 11.6 Å². The Labute approximate surface area is 117 Å². The van der Waals surface area contributed by atoms with Crippen molar-refractivity contribution < 1.29 is 9.21 Å². The zero-order valence-electron chi connectivity index (χ0n) is 10.7. The van der Waals surface area contributed by atoms with Crippen LogP contribution in [0.2, 0.25) is 5.22 Å². The van der Waals surface area contributed by atoms with Crippen molar-refractivity contribution in [1.29, 1.82) is 0 Å². The highest BCUT2D eigenvalue weighted by atomic mass is 35.5. The second-order valence-corrected chi connectivity index (χ2v) is 4.85. The number of hydrogen-bond acceptors (Lipinski definition) is 2. The van der Waals surface area contributed by atoms with Gasteiger partial charge in [0, 0.05) is 6.04 Å². The second kappa shape index (κ2) is 6.43. The maximum atomic E-state index is 11.9. The quantitative estimate of drug-likeness (QED) is 0.906. The molecule has 0 bridgehead atoms. The summed E-state index contributed by atoms with van der Waals surface area (Å²) in [7, 11) is 0. The number of benzene rings is 1. The first-order valence-corrected chi connectivity index (χ1v) is 6.62. The number of aryl methyl sites for hydroxylation is 1. The predicted octanol–water partition coefficient (Wildman–Crippen LogP) is 3.68. The molecule has 0 aliphatic carbocycles. The summed E-state index contributed by atoms with van der Waals surface area (Å²) in [5.74, 6) is -0.195. The predicted molar refractivity (Wildman–Crippen MR) is 75.4 cm³/mol. The van der Waals surface area contributed by atoms with Crippen LogP contribution in [0.15, 0.2) is 47.1 Å². The van der Waals surface area contributed by atoms with E-state index in [1.54, 1.807) is 6.07 Å². The Bertz CT molecular complexity index is 536. The van der Waals surface area contributed by atoms with Gasteiger partial charge in [0.1, 0.15) is 0 Å². The van der Waals surface area contributed by atoms with Crippen LogP contribution in [-0.2, 0) is 6.42 Å². The van der Waals surface area contributed by atoms with Gasteiger partial charge in [0.15, 0.2) is 0 Å². The summed E-state index contributed by atoms with van der Waals surface area (Å²) in [6.45, 7) is 1.98. The van der Waals surface area contributed by atoms with E-state index in [1.165, 1.54) is 11.8 Å². The number of hydrogen-bond donors (Lipinski definition) is 1. The summed E-state index contributed by atoms with van der Waals surface area (Å²) in [6.07, 6.45) is 3.22. The van der Waals surface area contributed by atoms with Crippen molar-refractivity contribution in [2.75, 3.05) is 0 Å². The minimum Gasteiger partial charge on any atom is -0.452 e. The van der Waals surface area contributed by atoms with E-state index in [0.29, 0.717) is 5.56 Å². The first kappa shape index (κ1) is 13.7. The number of nitrogens with one attached hydrogen (secondary N) is 1. The lowest BCUT2D eigenvalue weighted by Crippen LogP contribution is -2.32. The standard InChI is InChI=1S/C15H16ClNO2/c1-11(7-8-12-5-3-2-4-6-12)17-15(18)13-9-10-19-14(13)16/h2-6,9-11H,7-8H2,1H3,(H,17,18). The van der Waals surface area contributed by atoms with Gasteiger partial charge in [-0.25, -0.2) is 0 Å². The third-order valence-corrected chi connectivity index (χ3v) is 3.24. The fourth-order valence-electron chi connectivity index (χ4n) is 1.86. The normalized spacial score (nSPS) is 12.1. The molecule has 1 unspecified atom stereocenters. The van der Waals surface area contributed by atoms with Crippen molar-refractivity contribution in [3.05, 3.63) is 59.0 Å². The van der Waals surface area contributed by atoms with E-state index >= 15 is 0 Å². The Morgan fingerprint density at radius 1 is 1.32 bits per heavy atom. The SMILES string of the molecule is CC(CCc1ccccc1)NC(=O)c1ccoc1Cl. The zero-order valence-corrected chi connectivity index (χ0v) is 11.5. The highest BCUT2D eigenvalue weighted by Crippen LogP contribution is 2.16. The van der Waals surface area contributed by atoms with Crippen molar-refractivity contribution in [1.82, 2.24) is 5.32 Å². The maximum absolute atomic E-state index is 11.9. The van der Waals surface area contributed by atoms with Crippen LogP contribution in [0.25, 0.3) is 0 Å². The number of halogens is 1. The van der Waals surface area contributed by atoms with Gasteiger partial charge in [-0.05, 0) is 43.0 Å². The van der Waals surface area contributed by atoms with Gasteiger partial charge in [-0.3, -0.25) is 4.79 Å². The minimum atomic E-state index is -0.195. The van der Waals surface area contributed by atoms with E-state index < -0.39 is 0 Å². The summed E-state index contributed by atoms with van der Waals surface area (Å²) in [5, 5.41) is 3.04. The molecule has 1 N–H and O–H groups in total. The van der Waals surface area contributed by atoms with Crippen LogP contribution in [0.5, 0.6) is 0 Å². The van der Waals surface area contributed by atoms with E-state index in [1.807, 2.05) is 25.1 Å². The molecule has 4 heteroatoms. The van der Waals surface area contributed by atoms with Gasteiger partial charge in [-0.15, -0.1) is 0 Å². The number of furan rings is 1. The number of carbonyl (C=O) groups excluding carboxylic acids is 1. The van der Waals surface area contributed by atoms with Crippen LogP contribution in [0.3, 0.4) is 0 Å². The molecule has 0 saturated heterocycles. The van der Waals surface area contributed by atoms with Crippen LogP contribution in [0, 0.1) is 0 Å². The third-order valence-electron chi connectivity index (χ3n) is 2.95. The fourth-order valence-corrected chi connectivity index (χ4v) is 2.06. The topological polar surface area (TPSA) is 42.2 Å². The van der Waals surface area contributed by atoms with Gasteiger partial charge < -0.3 is 9.73 Å². The van der Waals surface area contributed by atoms with E-state index in [0.717, 1.165) is 12.8 Å².